The standard InChI is InChI=1S/C22H19Cl2F3N2O2/c1-12(18(30)28-15-5-3-14(4-6-15)22(25,26)27)20-9-21(10-20,11-20)29-19(31)13-2-7-16(23)17(24)8-13/h2-8,12H,9-11H2,1H3,(H,28,30)(H,29,31). The lowest BCUT2D eigenvalue weighted by molar-refractivity contribution is -0.184. The Kier molecular flexibility index (Phi) is 5.25. The van der Waals surface area contributed by atoms with E-state index >= 15 is 0 Å². The van der Waals surface area contributed by atoms with Gasteiger partial charge in [-0.05, 0) is 67.1 Å². The Hall–Kier alpha value is -2.25. The second kappa shape index (κ2) is 7.41. The fourth-order valence-electron chi connectivity index (χ4n) is 4.68. The molecule has 2 amide bonds. The first-order valence-electron chi connectivity index (χ1n) is 9.69. The van der Waals surface area contributed by atoms with Crippen LogP contribution in [0.4, 0.5) is 18.9 Å². The summed E-state index contributed by atoms with van der Waals surface area (Å²) in [5.41, 5.74) is -0.564. The fraction of sp³-hybridized carbons (Fsp3) is 0.364. The van der Waals surface area contributed by atoms with Crippen LogP contribution in [0, 0.1) is 11.3 Å². The van der Waals surface area contributed by atoms with E-state index in [2.05, 4.69) is 10.6 Å². The van der Waals surface area contributed by atoms with E-state index in [1.807, 2.05) is 6.92 Å². The van der Waals surface area contributed by atoms with Gasteiger partial charge in [0.2, 0.25) is 5.91 Å². The van der Waals surface area contributed by atoms with E-state index in [0.29, 0.717) is 40.6 Å². The Balaban J connectivity index is 1.32. The maximum atomic E-state index is 12.7. The van der Waals surface area contributed by atoms with Gasteiger partial charge in [0.1, 0.15) is 0 Å². The van der Waals surface area contributed by atoms with E-state index in [9.17, 15) is 22.8 Å². The molecule has 3 fully saturated rings. The molecular formula is C22H19Cl2F3N2O2. The van der Waals surface area contributed by atoms with Crippen LogP contribution in [-0.2, 0) is 11.0 Å². The number of benzene rings is 2. The predicted molar refractivity (Wildman–Crippen MR) is 112 cm³/mol. The van der Waals surface area contributed by atoms with Crippen LogP contribution in [0.3, 0.4) is 0 Å². The van der Waals surface area contributed by atoms with Gasteiger partial charge in [0.25, 0.3) is 5.91 Å². The molecular weight excluding hydrogens is 452 g/mol. The lowest BCUT2D eigenvalue weighted by atomic mass is 9.36. The highest BCUT2D eigenvalue weighted by Gasteiger charge is 2.71. The number of carbonyl (C=O) groups excluding carboxylic acids is 2. The van der Waals surface area contributed by atoms with Gasteiger partial charge >= 0.3 is 6.18 Å². The zero-order chi connectivity index (χ0) is 22.6. The van der Waals surface area contributed by atoms with Crippen molar-refractivity contribution in [3.8, 4) is 0 Å². The smallest absolute Gasteiger partial charge is 0.347 e. The topological polar surface area (TPSA) is 58.2 Å². The summed E-state index contributed by atoms with van der Waals surface area (Å²) in [6.45, 7) is 1.81. The van der Waals surface area contributed by atoms with E-state index in [1.165, 1.54) is 18.2 Å². The van der Waals surface area contributed by atoms with Crippen molar-refractivity contribution >= 4 is 40.7 Å². The van der Waals surface area contributed by atoms with Gasteiger partial charge in [0.15, 0.2) is 0 Å². The van der Waals surface area contributed by atoms with Gasteiger partial charge in [-0.1, -0.05) is 30.1 Å². The molecule has 9 heteroatoms. The van der Waals surface area contributed by atoms with Crippen LogP contribution < -0.4 is 10.6 Å². The third kappa shape index (κ3) is 4.01. The number of anilines is 1. The Morgan fingerprint density at radius 1 is 1.00 bits per heavy atom. The Morgan fingerprint density at radius 2 is 1.61 bits per heavy atom. The summed E-state index contributed by atoms with van der Waals surface area (Å²) in [6, 6.07) is 9.05. The van der Waals surface area contributed by atoms with Gasteiger partial charge in [-0.15, -0.1) is 0 Å². The van der Waals surface area contributed by atoms with Crippen LogP contribution in [0.15, 0.2) is 42.5 Å². The van der Waals surface area contributed by atoms with Crippen molar-refractivity contribution in [3.05, 3.63) is 63.6 Å². The molecule has 2 bridgehead atoms. The van der Waals surface area contributed by atoms with Crippen molar-refractivity contribution in [2.24, 2.45) is 11.3 Å². The molecule has 0 spiro atoms. The van der Waals surface area contributed by atoms with Crippen molar-refractivity contribution in [2.45, 2.75) is 37.9 Å². The number of halogens is 5. The molecule has 0 aromatic heterocycles. The van der Waals surface area contributed by atoms with Gasteiger partial charge in [0, 0.05) is 22.7 Å². The van der Waals surface area contributed by atoms with Crippen LogP contribution in [0.1, 0.15) is 42.1 Å². The monoisotopic (exact) mass is 470 g/mol. The first kappa shape index (κ1) is 22.0. The van der Waals surface area contributed by atoms with Crippen LogP contribution in [0.25, 0.3) is 0 Å². The van der Waals surface area contributed by atoms with Crippen molar-refractivity contribution in [1.29, 1.82) is 0 Å². The molecule has 3 saturated carbocycles. The maximum absolute atomic E-state index is 12.7. The minimum Gasteiger partial charge on any atom is -0.347 e. The Bertz CT molecular complexity index is 1030. The quantitative estimate of drug-likeness (QED) is 0.567. The average molecular weight is 471 g/mol. The highest BCUT2D eigenvalue weighted by molar-refractivity contribution is 6.42. The highest BCUT2D eigenvalue weighted by Crippen LogP contribution is 2.70. The summed E-state index contributed by atoms with van der Waals surface area (Å²) in [6.07, 6.45) is -2.39. The average Bonchev–Trinajstić information content (AvgIpc) is 2.64. The van der Waals surface area contributed by atoms with Gasteiger partial charge in [-0.3, -0.25) is 9.59 Å². The van der Waals surface area contributed by atoms with Crippen molar-refractivity contribution in [2.75, 3.05) is 5.32 Å². The van der Waals surface area contributed by atoms with Gasteiger partial charge < -0.3 is 10.6 Å². The first-order valence-corrected chi connectivity index (χ1v) is 10.4. The molecule has 0 radical (unpaired) electrons. The molecule has 0 aliphatic heterocycles. The number of carbonyl (C=O) groups is 2. The molecule has 164 valence electrons. The molecule has 4 nitrogen and oxygen atoms in total. The lowest BCUT2D eigenvalue weighted by Gasteiger charge is -2.72. The van der Waals surface area contributed by atoms with Gasteiger partial charge in [-0.25, -0.2) is 0 Å². The SMILES string of the molecule is CC(C(=O)Nc1ccc(C(F)(F)F)cc1)C12CC(NC(=O)c3ccc(Cl)c(Cl)c3)(C1)C2. The maximum Gasteiger partial charge on any atom is 0.416 e. The minimum absolute atomic E-state index is 0.207. The number of rotatable bonds is 5. The highest BCUT2D eigenvalue weighted by atomic mass is 35.5. The number of hydrogen-bond acceptors (Lipinski definition) is 2. The summed E-state index contributed by atoms with van der Waals surface area (Å²) >= 11 is 11.9. The first-order chi connectivity index (χ1) is 14.4. The number of alkyl halides is 3. The summed E-state index contributed by atoms with van der Waals surface area (Å²) in [5, 5.41) is 6.39. The Labute approximate surface area is 187 Å². The summed E-state index contributed by atoms with van der Waals surface area (Å²) in [4.78, 5) is 25.1. The normalized spacial score (nSPS) is 25.1. The molecule has 5 rings (SSSR count). The van der Waals surface area contributed by atoms with E-state index in [1.54, 1.807) is 12.1 Å². The zero-order valence-corrected chi connectivity index (χ0v) is 18.0. The second-order valence-electron chi connectivity index (χ2n) is 8.54. The van der Waals surface area contributed by atoms with Crippen molar-refractivity contribution in [1.82, 2.24) is 5.32 Å². The second-order valence-corrected chi connectivity index (χ2v) is 9.36. The van der Waals surface area contributed by atoms with Crippen LogP contribution >= 0.6 is 23.2 Å². The van der Waals surface area contributed by atoms with E-state index in [0.717, 1.165) is 12.1 Å². The molecule has 2 N–H and O–H groups in total. The molecule has 31 heavy (non-hydrogen) atoms. The largest absolute Gasteiger partial charge is 0.416 e. The van der Waals surface area contributed by atoms with Gasteiger partial charge in [0.05, 0.1) is 15.6 Å². The van der Waals surface area contributed by atoms with Crippen molar-refractivity contribution in [3.63, 3.8) is 0 Å². The molecule has 3 aliphatic carbocycles. The number of nitrogens with one attached hydrogen (secondary N) is 2. The van der Waals surface area contributed by atoms with E-state index < -0.39 is 11.7 Å². The molecule has 3 aliphatic rings. The number of amides is 2. The lowest BCUT2D eigenvalue weighted by Crippen LogP contribution is -2.77. The molecule has 0 saturated heterocycles. The third-order valence-corrected chi connectivity index (χ3v) is 7.16. The van der Waals surface area contributed by atoms with E-state index in [4.69, 9.17) is 23.2 Å². The molecule has 1 atom stereocenters. The van der Waals surface area contributed by atoms with Crippen LogP contribution in [-0.4, -0.2) is 17.4 Å². The molecule has 1 unspecified atom stereocenters. The third-order valence-electron chi connectivity index (χ3n) is 6.42. The molecule has 0 heterocycles. The van der Waals surface area contributed by atoms with Crippen LogP contribution in [0.2, 0.25) is 10.0 Å². The van der Waals surface area contributed by atoms with Crippen LogP contribution in [0.5, 0.6) is 0 Å². The van der Waals surface area contributed by atoms with Crippen molar-refractivity contribution < 1.29 is 22.8 Å². The summed E-state index contributed by atoms with van der Waals surface area (Å²) in [5.74, 6) is -0.823. The summed E-state index contributed by atoms with van der Waals surface area (Å²) < 4.78 is 38.0. The molecule has 2 aromatic carbocycles. The van der Waals surface area contributed by atoms with E-state index in [-0.39, 0.29) is 28.7 Å². The zero-order valence-electron chi connectivity index (χ0n) is 16.4. The molecule has 2 aromatic rings. The fourth-order valence-corrected chi connectivity index (χ4v) is 4.98. The summed E-state index contributed by atoms with van der Waals surface area (Å²) in [7, 11) is 0. The Morgan fingerprint density at radius 3 is 2.16 bits per heavy atom. The minimum atomic E-state index is -4.42. The number of hydrogen-bond donors (Lipinski definition) is 2. The van der Waals surface area contributed by atoms with Gasteiger partial charge in [-0.2, -0.15) is 13.2 Å². The predicted octanol–water partition coefficient (Wildman–Crippen LogP) is 5.94.